The highest BCUT2D eigenvalue weighted by molar-refractivity contribution is 6.10. The second-order valence-electron chi connectivity index (χ2n) is 3.32. The van der Waals surface area contributed by atoms with Crippen molar-refractivity contribution in [3.63, 3.8) is 0 Å². The second kappa shape index (κ2) is 3.34. The molecule has 6 nitrogen and oxygen atoms in total. The molecule has 0 fully saturated rings. The molecule has 1 aromatic carbocycles. The van der Waals surface area contributed by atoms with E-state index in [4.69, 9.17) is 10.2 Å². The van der Waals surface area contributed by atoms with Crippen molar-refractivity contribution >= 4 is 23.0 Å². The first kappa shape index (κ1) is 10.2. The van der Waals surface area contributed by atoms with Crippen LogP contribution in [0.4, 0.5) is 0 Å². The number of carbonyl (C=O) groups is 2. The van der Waals surface area contributed by atoms with Crippen molar-refractivity contribution in [1.82, 2.24) is 9.97 Å². The molecule has 0 unspecified atom stereocenters. The molecule has 1 heterocycles. The maximum absolute atomic E-state index is 11.0. The lowest BCUT2D eigenvalue weighted by atomic mass is 10.1. The highest BCUT2D eigenvalue weighted by atomic mass is 16.4. The van der Waals surface area contributed by atoms with E-state index in [1.165, 1.54) is 12.1 Å². The standard InChI is InChI=1S/C10H8N2O4/c1-4-11-6-3-2-5(9(13)14)7(10(15)16)8(6)12-4/h2-3H,1H3,(H,11,12)(H,13,14)(H,15,16). The van der Waals surface area contributed by atoms with E-state index >= 15 is 0 Å². The number of hydrogen-bond donors (Lipinski definition) is 3. The van der Waals surface area contributed by atoms with E-state index < -0.39 is 11.9 Å². The van der Waals surface area contributed by atoms with E-state index in [2.05, 4.69) is 9.97 Å². The van der Waals surface area contributed by atoms with Crippen LogP contribution in [0.5, 0.6) is 0 Å². The van der Waals surface area contributed by atoms with Crippen molar-refractivity contribution in [2.24, 2.45) is 0 Å². The average Bonchev–Trinajstić information content (AvgIpc) is 2.55. The zero-order valence-corrected chi connectivity index (χ0v) is 8.31. The number of rotatable bonds is 2. The van der Waals surface area contributed by atoms with Gasteiger partial charge >= 0.3 is 11.9 Å². The van der Waals surface area contributed by atoms with Gasteiger partial charge in [-0.05, 0) is 19.1 Å². The fraction of sp³-hybridized carbons (Fsp3) is 0.100. The Labute approximate surface area is 89.5 Å². The van der Waals surface area contributed by atoms with Gasteiger partial charge in [0.15, 0.2) is 0 Å². The Kier molecular flexibility index (Phi) is 2.12. The lowest BCUT2D eigenvalue weighted by Gasteiger charge is -2.01. The predicted octanol–water partition coefficient (Wildman–Crippen LogP) is 1.27. The lowest BCUT2D eigenvalue weighted by Crippen LogP contribution is -2.08. The Morgan fingerprint density at radius 2 is 1.94 bits per heavy atom. The minimum absolute atomic E-state index is 0.171. The summed E-state index contributed by atoms with van der Waals surface area (Å²) < 4.78 is 0. The first-order valence-corrected chi connectivity index (χ1v) is 4.46. The van der Waals surface area contributed by atoms with Crippen LogP contribution in [0.3, 0.4) is 0 Å². The smallest absolute Gasteiger partial charge is 0.338 e. The zero-order chi connectivity index (χ0) is 11.9. The van der Waals surface area contributed by atoms with Crippen molar-refractivity contribution in [2.75, 3.05) is 0 Å². The number of aromatic nitrogens is 2. The minimum atomic E-state index is -1.30. The van der Waals surface area contributed by atoms with Gasteiger partial charge in [0, 0.05) is 0 Å². The normalized spacial score (nSPS) is 10.6. The van der Waals surface area contributed by atoms with E-state index in [1.807, 2.05) is 0 Å². The Morgan fingerprint density at radius 3 is 2.50 bits per heavy atom. The van der Waals surface area contributed by atoms with Gasteiger partial charge in [-0.1, -0.05) is 0 Å². The average molecular weight is 220 g/mol. The highest BCUT2D eigenvalue weighted by Gasteiger charge is 2.21. The molecule has 0 spiro atoms. The number of aryl methyl sites for hydroxylation is 1. The number of imidazole rings is 1. The van der Waals surface area contributed by atoms with Crippen LogP contribution in [0.1, 0.15) is 26.5 Å². The van der Waals surface area contributed by atoms with Crippen LogP contribution in [-0.2, 0) is 0 Å². The van der Waals surface area contributed by atoms with Crippen molar-refractivity contribution in [2.45, 2.75) is 6.92 Å². The van der Waals surface area contributed by atoms with Gasteiger partial charge in [0.25, 0.3) is 0 Å². The lowest BCUT2D eigenvalue weighted by molar-refractivity contribution is 0.0653. The molecular weight excluding hydrogens is 212 g/mol. The molecule has 0 atom stereocenters. The first-order chi connectivity index (χ1) is 7.50. The number of nitrogens with one attached hydrogen (secondary N) is 1. The van der Waals surface area contributed by atoms with Gasteiger partial charge in [0.2, 0.25) is 0 Å². The van der Waals surface area contributed by atoms with Crippen molar-refractivity contribution in [1.29, 1.82) is 0 Å². The van der Waals surface area contributed by atoms with E-state index in [0.29, 0.717) is 11.3 Å². The quantitative estimate of drug-likeness (QED) is 0.707. The van der Waals surface area contributed by atoms with Crippen LogP contribution in [-0.4, -0.2) is 32.1 Å². The third-order valence-corrected chi connectivity index (χ3v) is 2.22. The van der Waals surface area contributed by atoms with Crippen molar-refractivity contribution in [3.8, 4) is 0 Å². The zero-order valence-electron chi connectivity index (χ0n) is 8.31. The van der Waals surface area contributed by atoms with Crippen LogP contribution in [0, 0.1) is 6.92 Å². The van der Waals surface area contributed by atoms with Gasteiger partial charge in [0.05, 0.1) is 11.1 Å². The summed E-state index contributed by atoms with van der Waals surface area (Å²) in [7, 11) is 0. The van der Waals surface area contributed by atoms with Crippen LogP contribution < -0.4 is 0 Å². The number of fused-ring (bicyclic) bond motifs is 1. The fourth-order valence-electron chi connectivity index (χ4n) is 1.59. The van der Waals surface area contributed by atoms with Gasteiger partial charge in [-0.2, -0.15) is 0 Å². The number of carboxylic acids is 2. The molecule has 16 heavy (non-hydrogen) atoms. The van der Waals surface area contributed by atoms with Crippen LogP contribution >= 0.6 is 0 Å². The molecule has 2 rings (SSSR count). The number of hydrogen-bond acceptors (Lipinski definition) is 3. The second-order valence-corrected chi connectivity index (χ2v) is 3.32. The Hall–Kier alpha value is -2.37. The molecule has 82 valence electrons. The van der Waals surface area contributed by atoms with E-state index in [9.17, 15) is 9.59 Å². The predicted molar refractivity (Wildman–Crippen MR) is 54.7 cm³/mol. The fourth-order valence-corrected chi connectivity index (χ4v) is 1.59. The summed E-state index contributed by atoms with van der Waals surface area (Å²) in [5.41, 5.74) is 0.144. The monoisotopic (exact) mass is 220 g/mol. The number of aromatic carboxylic acids is 2. The van der Waals surface area contributed by atoms with E-state index in [-0.39, 0.29) is 16.6 Å². The topological polar surface area (TPSA) is 103 Å². The molecular formula is C10H8N2O4. The third-order valence-electron chi connectivity index (χ3n) is 2.22. The van der Waals surface area contributed by atoms with Gasteiger partial charge in [-0.15, -0.1) is 0 Å². The Balaban J connectivity index is 2.88. The minimum Gasteiger partial charge on any atom is -0.478 e. The Bertz CT molecular complexity index is 600. The van der Waals surface area contributed by atoms with Gasteiger partial charge < -0.3 is 15.2 Å². The third kappa shape index (κ3) is 1.40. The summed E-state index contributed by atoms with van der Waals surface area (Å²) in [6.45, 7) is 1.67. The van der Waals surface area contributed by atoms with Gasteiger partial charge in [-0.25, -0.2) is 14.6 Å². The molecule has 1 aromatic heterocycles. The molecule has 2 aromatic rings. The maximum atomic E-state index is 11.0. The molecule has 0 saturated carbocycles. The Morgan fingerprint density at radius 1 is 1.25 bits per heavy atom. The van der Waals surface area contributed by atoms with Crippen molar-refractivity contribution in [3.05, 3.63) is 29.1 Å². The summed E-state index contributed by atoms with van der Waals surface area (Å²) in [4.78, 5) is 28.7. The SMILES string of the molecule is Cc1nc2c(C(=O)O)c(C(=O)O)ccc2[nH]1. The summed E-state index contributed by atoms with van der Waals surface area (Å²) in [6, 6.07) is 2.76. The van der Waals surface area contributed by atoms with Crippen molar-refractivity contribution < 1.29 is 19.8 Å². The largest absolute Gasteiger partial charge is 0.478 e. The number of carboxylic acid groups (broad SMARTS) is 2. The van der Waals surface area contributed by atoms with Gasteiger partial charge in [0.1, 0.15) is 16.9 Å². The number of benzene rings is 1. The number of H-pyrrole nitrogens is 1. The number of nitrogens with zero attached hydrogens (tertiary/aromatic N) is 1. The van der Waals surface area contributed by atoms with E-state index in [0.717, 1.165) is 0 Å². The summed E-state index contributed by atoms with van der Waals surface area (Å²) in [6.07, 6.45) is 0. The first-order valence-electron chi connectivity index (χ1n) is 4.46. The summed E-state index contributed by atoms with van der Waals surface area (Å²) in [5, 5.41) is 17.9. The highest BCUT2D eigenvalue weighted by Crippen LogP contribution is 2.20. The molecule has 0 saturated heterocycles. The van der Waals surface area contributed by atoms with Crippen LogP contribution in [0.25, 0.3) is 11.0 Å². The van der Waals surface area contributed by atoms with E-state index in [1.54, 1.807) is 6.92 Å². The van der Waals surface area contributed by atoms with Crippen LogP contribution in [0.2, 0.25) is 0 Å². The molecule has 0 bridgehead atoms. The molecule has 0 aliphatic rings. The molecule has 3 N–H and O–H groups in total. The van der Waals surface area contributed by atoms with Gasteiger partial charge in [-0.3, -0.25) is 0 Å². The maximum Gasteiger partial charge on any atom is 0.338 e. The molecule has 0 aliphatic heterocycles. The van der Waals surface area contributed by atoms with Crippen LogP contribution in [0.15, 0.2) is 12.1 Å². The molecule has 0 radical (unpaired) electrons. The summed E-state index contributed by atoms with van der Waals surface area (Å²) in [5.74, 6) is -2.03. The molecule has 0 amide bonds. The molecule has 0 aliphatic carbocycles. The summed E-state index contributed by atoms with van der Waals surface area (Å²) >= 11 is 0. The molecule has 6 heteroatoms. The number of aromatic amines is 1.